The van der Waals surface area contributed by atoms with Gasteiger partial charge in [-0.25, -0.2) is 0 Å². The van der Waals surface area contributed by atoms with E-state index in [0.717, 1.165) is 30.4 Å². The van der Waals surface area contributed by atoms with E-state index in [1.54, 1.807) is 12.1 Å². The van der Waals surface area contributed by atoms with Gasteiger partial charge in [-0.2, -0.15) is 0 Å². The highest BCUT2D eigenvalue weighted by atomic mass is 35.5. The molecule has 1 aliphatic rings. The van der Waals surface area contributed by atoms with E-state index in [0.29, 0.717) is 0 Å². The van der Waals surface area contributed by atoms with E-state index in [1.165, 1.54) is 5.56 Å². The molecular weight excluding hydrogens is 336 g/mol. The number of phenols is 1. The fourth-order valence-corrected chi connectivity index (χ4v) is 2.60. The molecule has 0 radical (unpaired) electrons. The molecule has 0 aliphatic carbocycles. The number of halogens is 1. The zero-order valence-electron chi connectivity index (χ0n) is 14.8. The van der Waals surface area contributed by atoms with E-state index in [-0.39, 0.29) is 23.6 Å². The van der Waals surface area contributed by atoms with Gasteiger partial charge in [0.25, 0.3) is 0 Å². The second kappa shape index (κ2) is 7.66. The topological polar surface area (TPSA) is 59.9 Å². The molecule has 3 rings (SSSR count). The third-order valence-corrected chi connectivity index (χ3v) is 3.97. The second-order valence-electron chi connectivity index (χ2n) is 6.92. The molecule has 2 aromatic carbocycles. The van der Waals surface area contributed by atoms with Crippen molar-refractivity contribution in [2.24, 2.45) is 4.99 Å². The van der Waals surface area contributed by atoms with Crippen molar-refractivity contribution in [2.45, 2.75) is 26.2 Å². The molecule has 1 heterocycles. The van der Waals surface area contributed by atoms with E-state index >= 15 is 0 Å². The van der Waals surface area contributed by atoms with Crippen molar-refractivity contribution >= 4 is 29.7 Å². The molecule has 0 amide bonds. The summed E-state index contributed by atoms with van der Waals surface area (Å²) in [5.41, 5.74) is 6.50. The van der Waals surface area contributed by atoms with Crippen LogP contribution in [0.1, 0.15) is 26.3 Å². The van der Waals surface area contributed by atoms with Gasteiger partial charge in [-0.1, -0.05) is 39.0 Å². The third-order valence-electron chi connectivity index (χ3n) is 3.97. The highest BCUT2D eigenvalue weighted by molar-refractivity contribution is 5.85. The molecule has 0 fully saturated rings. The van der Waals surface area contributed by atoms with Crippen LogP contribution >= 0.6 is 12.4 Å². The second-order valence-corrected chi connectivity index (χ2v) is 6.92. The van der Waals surface area contributed by atoms with Crippen molar-refractivity contribution in [3.8, 4) is 5.75 Å². The summed E-state index contributed by atoms with van der Waals surface area (Å²) in [6.45, 7) is 8.19. The molecule has 0 unspecified atom stereocenters. The number of nitrogens with one attached hydrogen (secondary N) is 2. The number of aliphatic imine (C=N–C) groups is 1. The van der Waals surface area contributed by atoms with Gasteiger partial charge in [0.2, 0.25) is 5.96 Å². The lowest BCUT2D eigenvalue weighted by Gasteiger charge is -2.27. The minimum Gasteiger partial charge on any atom is -0.508 e. The number of nitrogens with zero attached hydrogens (tertiary/aromatic N) is 2. The average molecular weight is 361 g/mol. The number of anilines is 2. The summed E-state index contributed by atoms with van der Waals surface area (Å²) in [6, 6.07) is 15.6. The van der Waals surface area contributed by atoms with Crippen LogP contribution in [0.4, 0.5) is 11.4 Å². The van der Waals surface area contributed by atoms with Gasteiger partial charge in [-0.05, 0) is 35.2 Å². The fourth-order valence-electron chi connectivity index (χ4n) is 2.60. The minimum absolute atomic E-state index is 0. The Bertz CT molecular complexity index is 738. The van der Waals surface area contributed by atoms with Crippen LogP contribution < -0.4 is 15.8 Å². The Morgan fingerprint density at radius 1 is 1.08 bits per heavy atom. The van der Waals surface area contributed by atoms with E-state index in [4.69, 9.17) is 0 Å². The van der Waals surface area contributed by atoms with Crippen LogP contribution in [0, 0.1) is 0 Å². The van der Waals surface area contributed by atoms with Crippen LogP contribution in [0.15, 0.2) is 53.5 Å². The molecule has 0 saturated heterocycles. The predicted molar refractivity (Wildman–Crippen MR) is 106 cm³/mol. The first-order valence-corrected chi connectivity index (χ1v) is 8.18. The van der Waals surface area contributed by atoms with Gasteiger partial charge >= 0.3 is 0 Å². The van der Waals surface area contributed by atoms with Gasteiger partial charge < -0.3 is 10.4 Å². The Morgan fingerprint density at radius 2 is 1.80 bits per heavy atom. The van der Waals surface area contributed by atoms with Gasteiger partial charge in [0.15, 0.2) is 0 Å². The maximum atomic E-state index is 9.82. The maximum Gasteiger partial charge on any atom is 0.210 e. The molecule has 6 heteroatoms. The van der Waals surface area contributed by atoms with Crippen LogP contribution in [0.25, 0.3) is 0 Å². The quantitative estimate of drug-likeness (QED) is 0.730. The molecule has 0 spiro atoms. The Hall–Kier alpha value is -2.40. The molecule has 0 aromatic heterocycles. The SMILES string of the molecule is CC(C)(C)c1ccc(N(NC2=NCCN2)c2cccc(O)c2)cc1.Cl. The van der Waals surface area contributed by atoms with E-state index in [9.17, 15) is 5.11 Å². The molecule has 1 aliphatic heterocycles. The lowest BCUT2D eigenvalue weighted by atomic mass is 9.87. The number of guanidine groups is 1. The van der Waals surface area contributed by atoms with Gasteiger partial charge in [-0.15, -0.1) is 12.4 Å². The smallest absolute Gasteiger partial charge is 0.210 e. The average Bonchev–Trinajstić information content (AvgIpc) is 3.05. The monoisotopic (exact) mass is 360 g/mol. The number of rotatable bonds is 3. The van der Waals surface area contributed by atoms with Crippen molar-refractivity contribution in [1.29, 1.82) is 0 Å². The lowest BCUT2D eigenvalue weighted by Crippen LogP contribution is -2.44. The summed E-state index contributed by atoms with van der Waals surface area (Å²) in [6.07, 6.45) is 0. The molecule has 134 valence electrons. The van der Waals surface area contributed by atoms with Crippen LogP contribution in [0.2, 0.25) is 0 Å². The summed E-state index contributed by atoms with van der Waals surface area (Å²) in [4.78, 5) is 4.40. The van der Waals surface area contributed by atoms with Crippen molar-refractivity contribution in [3.05, 3.63) is 54.1 Å². The zero-order chi connectivity index (χ0) is 17.2. The van der Waals surface area contributed by atoms with Gasteiger partial charge in [0.1, 0.15) is 5.75 Å². The Kier molecular flexibility index (Phi) is 5.80. The highest BCUT2D eigenvalue weighted by Gasteiger charge is 2.17. The maximum absolute atomic E-state index is 9.82. The van der Waals surface area contributed by atoms with Crippen molar-refractivity contribution < 1.29 is 5.11 Å². The summed E-state index contributed by atoms with van der Waals surface area (Å²) >= 11 is 0. The summed E-state index contributed by atoms with van der Waals surface area (Å²) in [7, 11) is 0. The minimum atomic E-state index is 0. The first-order valence-electron chi connectivity index (χ1n) is 8.18. The molecule has 0 atom stereocenters. The molecular formula is C19H25ClN4O. The standard InChI is InChI=1S/C19H24N4O.ClH/c1-19(2,3)14-7-9-15(10-8-14)23(22-18-20-11-12-21-18)16-5-4-6-17(24)13-16;/h4-10,13,24H,11-12H2,1-3H3,(H2,20,21,22);1H. The number of hydrogen-bond donors (Lipinski definition) is 3. The van der Waals surface area contributed by atoms with E-state index < -0.39 is 0 Å². The summed E-state index contributed by atoms with van der Waals surface area (Å²) < 4.78 is 0. The van der Waals surface area contributed by atoms with Gasteiger partial charge in [0, 0.05) is 12.6 Å². The molecule has 5 nitrogen and oxygen atoms in total. The normalized spacial score (nSPS) is 13.5. The molecule has 2 aromatic rings. The van der Waals surface area contributed by atoms with Gasteiger partial charge in [0.05, 0.1) is 17.9 Å². The predicted octanol–water partition coefficient (Wildman–Crippen LogP) is 3.71. The summed E-state index contributed by atoms with van der Waals surface area (Å²) in [5, 5.41) is 15.0. The summed E-state index contributed by atoms with van der Waals surface area (Å²) in [5.74, 6) is 0.963. The zero-order valence-corrected chi connectivity index (χ0v) is 15.6. The molecule has 0 bridgehead atoms. The first-order chi connectivity index (χ1) is 11.4. The number of hydrogen-bond acceptors (Lipinski definition) is 5. The fraction of sp³-hybridized carbons (Fsp3) is 0.316. The molecule has 25 heavy (non-hydrogen) atoms. The van der Waals surface area contributed by atoms with Crippen LogP contribution in [0.5, 0.6) is 5.75 Å². The van der Waals surface area contributed by atoms with Crippen molar-refractivity contribution in [3.63, 3.8) is 0 Å². The Labute approximate surface area is 155 Å². The number of benzene rings is 2. The number of aromatic hydroxyl groups is 1. The van der Waals surface area contributed by atoms with E-state index in [2.05, 4.69) is 60.8 Å². The number of phenolic OH excluding ortho intramolecular Hbond substituents is 1. The van der Waals surface area contributed by atoms with E-state index in [1.807, 2.05) is 17.1 Å². The molecule has 3 N–H and O–H groups in total. The van der Waals surface area contributed by atoms with Gasteiger partial charge in [-0.3, -0.25) is 15.4 Å². The lowest BCUT2D eigenvalue weighted by molar-refractivity contribution is 0.475. The first kappa shape index (κ1) is 18.9. The Morgan fingerprint density at radius 3 is 2.36 bits per heavy atom. The van der Waals surface area contributed by atoms with Crippen LogP contribution in [-0.2, 0) is 5.41 Å². The largest absolute Gasteiger partial charge is 0.508 e. The van der Waals surface area contributed by atoms with Crippen molar-refractivity contribution in [1.82, 2.24) is 10.7 Å². The van der Waals surface area contributed by atoms with Crippen molar-refractivity contribution in [2.75, 3.05) is 18.1 Å². The number of hydrazine groups is 1. The van der Waals surface area contributed by atoms with Crippen LogP contribution in [0.3, 0.4) is 0 Å². The molecule has 0 saturated carbocycles. The Balaban J connectivity index is 0.00000225. The highest BCUT2D eigenvalue weighted by Crippen LogP contribution is 2.29. The third kappa shape index (κ3) is 4.57. The van der Waals surface area contributed by atoms with Crippen LogP contribution in [-0.4, -0.2) is 24.2 Å².